The quantitative estimate of drug-likeness (QED) is 0.345. The van der Waals surface area contributed by atoms with Crippen molar-refractivity contribution in [1.82, 2.24) is 4.90 Å². The van der Waals surface area contributed by atoms with Gasteiger partial charge < -0.3 is 31.1 Å². The third-order valence-electron chi connectivity index (χ3n) is 9.53. The van der Waals surface area contributed by atoms with E-state index in [0.29, 0.717) is 30.4 Å². The second kappa shape index (κ2) is 9.92. The number of benzene rings is 1. The summed E-state index contributed by atoms with van der Waals surface area (Å²) in [6.07, 6.45) is 2.39. The zero-order chi connectivity index (χ0) is 29.3. The topological polar surface area (TPSA) is 165 Å². The Bertz CT molecular complexity index is 1350. The van der Waals surface area contributed by atoms with E-state index in [1.807, 2.05) is 19.0 Å². The molecule has 3 atom stereocenters. The maximum atomic E-state index is 13.9. The van der Waals surface area contributed by atoms with E-state index in [9.17, 15) is 34.8 Å². The summed E-state index contributed by atoms with van der Waals surface area (Å²) in [5.41, 5.74) is 4.24. The number of piperidine rings is 1. The van der Waals surface area contributed by atoms with E-state index < -0.39 is 52.0 Å². The number of amides is 1. The minimum atomic E-state index is -2.56. The van der Waals surface area contributed by atoms with Crippen LogP contribution in [0.4, 0.5) is 5.69 Å². The minimum Gasteiger partial charge on any atom is -0.511 e. The molecule has 1 amide bonds. The summed E-state index contributed by atoms with van der Waals surface area (Å²) in [7, 11) is 3.78. The van der Waals surface area contributed by atoms with Crippen LogP contribution in [0.1, 0.15) is 61.0 Å². The first-order chi connectivity index (χ1) is 18.8. The minimum absolute atomic E-state index is 0.0441. The first-order valence-corrected chi connectivity index (χ1v) is 14.0. The smallest absolute Gasteiger partial charge is 0.255 e. The molecule has 0 aromatic heterocycles. The largest absolute Gasteiger partial charge is 0.511 e. The summed E-state index contributed by atoms with van der Waals surface area (Å²) in [5.74, 6) is -4.84. The first kappa shape index (κ1) is 28.2. The molecule has 0 spiro atoms. The van der Waals surface area contributed by atoms with Crippen LogP contribution in [0.25, 0.3) is 0 Å². The molecule has 1 aromatic carbocycles. The van der Waals surface area contributed by atoms with E-state index in [1.165, 1.54) is 0 Å². The van der Waals surface area contributed by atoms with E-state index in [1.54, 1.807) is 6.07 Å². The van der Waals surface area contributed by atoms with Crippen LogP contribution in [0.2, 0.25) is 0 Å². The van der Waals surface area contributed by atoms with Crippen LogP contribution >= 0.6 is 0 Å². The van der Waals surface area contributed by atoms with Gasteiger partial charge >= 0.3 is 0 Å². The normalized spacial score (nSPS) is 27.6. The number of phenols is 1. The van der Waals surface area contributed by atoms with Gasteiger partial charge in [0, 0.05) is 44.2 Å². The SMILES string of the molecule is CC(C)C1CCN(Cc2cc(O)c3c(c2N(C)C)CC2C[C@H]4CC(O)=C(C(N)=O)C(=O)[C@@]4(O)C(O)=C2C3=O)CC1. The fourth-order valence-electron chi connectivity index (χ4n) is 7.44. The highest BCUT2D eigenvalue weighted by atomic mass is 16.3. The van der Waals surface area contributed by atoms with Crippen LogP contribution < -0.4 is 10.6 Å². The molecular formula is C30H39N3O7. The Kier molecular flexibility index (Phi) is 6.99. The lowest BCUT2D eigenvalue weighted by molar-refractivity contribution is -0.144. The van der Waals surface area contributed by atoms with E-state index in [0.717, 1.165) is 37.2 Å². The molecule has 1 saturated heterocycles. The highest BCUT2D eigenvalue weighted by molar-refractivity contribution is 6.24. The van der Waals surface area contributed by atoms with Crippen molar-refractivity contribution in [3.8, 4) is 5.75 Å². The van der Waals surface area contributed by atoms with Gasteiger partial charge in [0.2, 0.25) is 5.78 Å². The number of ketones is 2. The van der Waals surface area contributed by atoms with Gasteiger partial charge in [0.25, 0.3) is 5.91 Å². The lowest BCUT2D eigenvalue weighted by Crippen LogP contribution is -2.57. The van der Waals surface area contributed by atoms with Gasteiger partial charge in [-0.05, 0) is 73.7 Å². The van der Waals surface area contributed by atoms with Crippen molar-refractivity contribution in [2.75, 3.05) is 32.1 Å². The zero-order valence-electron chi connectivity index (χ0n) is 23.5. The molecule has 0 saturated carbocycles. The molecule has 1 heterocycles. The Morgan fingerprint density at radius 3 is 2.38 bits per heavy atom. The maximum absolute atomic E-state index is 13.9. The van der Waals surface area contributed by atoms with Gasteiger partial charge in [-0.25, -0.2) is 0 Å². The molecule has 0 bridgehead atoms. The number of anilines is 1. The number of hydrogen-bond donors (Lipinski definition) is 5. The Labute approximate surface area is 233 Å². The Morgan fingerprint density at radius 1 is 1.15 bits per heavy atom. The number of likely N-dealkylation sites (tertiary alicyclic amines) is 1. The van der Waals surface area contributed by atoms with Crippen molar-refractivity contribution in [2.24, 2.45) is 29.4 Å². The molecule has 216 valence electrons. The predicted octanol–water partition coefficient (Wildman–Crippen LogP) is 2.51. The second-order valence-corrected chi connectivity index (χ2v) is 12.4. The van der Waals surface area contributed by atoms with Gasteiger partial charge in [-0.1, -0.05) is 13.8 Å². The van der Waals surface area contributed by atoms with Crippen LogP contribution in [0, 0.1) is 23.7 Å². The number of aliphatic hydroxyl groups is 3. The summed E-state index contributed by atoms with van der Waals surface area (Å²) in [6, 6.07) is 1.61. The molecule has 1 aliphatic heterocycles. The number of rotatable bonds is 5. The molecule has 10 nitrogen and oxygen atoms in total. The number of fused-ring (bicyclic) bond motifs is 3. The number of hydrogen-bond acceptors (Lipinski definition) is 9. The first-order valence-electron chi connectivity index (χ1n) is 14.0. The van der Waals surface area contributed by atoms with Gasteiger partial charge in [0.15, 0.2) is 11.4 Å². The molecule has 6 N–H and O–H groups in total. The number of aliphatic hydroxyl groups excluding tert-OH is 2. The van der Waals surface area contributed by atoms with Gasteiger partial charge in [0.05, 0.1) is 5.56 Å². The van der Waals surface area contributed by atoms with E-state index >= 15 is 0 Å². The molecule has 5 rings (SSSR count). The van der Waals surface area contributed by atoms with Crippen LogP contribution in [-0.4, -0.2) is 75.6 Å². The molecule has 1 aromatic rings. The van der Waals surface area contributed by atoms with Crippen molar-refractivity contribution in [2.45, 2.75) is 58.1 Å². The van der Waals surface area contributed by atoms with Crippen LogP contribution in [-0.2, 0) is 22.6 Å². The number of phenolic OH excluding ortho intramolecular Hbond substituents is 1. The second-order valence-electron chi connectivity index (χ2n) is 12.4. The van der Waals surface area contributed by atoms with Crippen LogP contribution in [0.3, 0.4) is 0 Å². The van der Waals surface area contributed by atoms with Crippen molar-refractivity contribution in [1.29, 1.82) is 0 Å². The summed E-state index contributed by atoms with van der Waals surface area (Å²) < 4.78 is 0. The van der Waals surface area contributed by atoms with Crippen LogP contribution in [0.15, 0.2) is 28.7 Å². The van der Waals surface area contributed by atoms with Gasteiger partial charge in [-0.15, -0.1) is 0 Å². The standard InChI is InChI=1S/C30H39N3O7/c1-14(2)15-5-7-33(8-6-15)13-17-11-20(34)23-19(25(17)32(3)4)10-16-9-18-12-21(35)24(29(31)39)28(38)30(18,40)27(37)22(16)26(23)36/h11,14-16,18,34-35,37,40H,5-10,12-13H2,1-4H3,(H2,31,39)/t16?,18-,30-/m0/s1. The van der Waals surface area contributed by atoms with Gasteiger partial charge in [-0.2, -0.15) is 0 Å². The lowest BCUT2D eigenvalue weighted by Gasteiger charge is -2.46. The monoisotopic (exact) mass is 553 g/mol. The predicted molar refractivity (Wildman–Crippen MR) is 148 cm³/mol. The Morgan fingerprint density at radius 2 is 1.80 bits per heavy atom. The molecule has 0 radical (unpaired) electrons. The van der Waals surface area contributed by atoms with Crippen molar-refractivity contribution >= 4 is 23.2 Å². The number of carbonyl (C=O) groups excluding carboxylic acids is 3. The number of carbonyl (C=O) groups is 3. The average molecular weight is 554 g/mol. The van der Waals surface area contributed by atoms with Crippen molar-refractivity contribution in [3.05, 3.63) is 45.4 Å². The summed E-state index contributed by atoms with van der Waals surface area (Å²) in [6.45, 7) is 7.04. The summed E-state index contributed by atoms with van der Waals surface area (Å²) in [5, 5.41) is 44.2. The molecule has 40 heavy (non-hydrogen) atoms. The van der Waals surface area contributed by atoms with Crippen molar-refractivity contribution in [3.63, 3.8) is 0 Å². The van der Waals surface area contributed by atoms with Crippen LogP contribution in [0.5, 0.6) is 5.75 Å². The highest BCUT2D eigenvalue weighted by Gasteiger charge is 2.59. The van der Waals surface area contributed by atoms with Gasteiger partial charge in [-0.3, -0.25) is 19.3 Å². The number of allylic oxidation sites excluding steroid dienone is 2. The molecule has 3 aliphatic carbocycles. The Hall–Kier alpha value is -3.37. The maximum Gasteiger partial charge on any atom is 0.255 e. The molecule has 1 fully saturated rings. The third kappa shape index (κ3) is 4.19. The van der Waals surface area contributed by atoms with E-state index in [2.05, 4.69) is 18.7 Å². The summed E-state index contributed by atoms with van der Waals surface area (Å²) in [4.78, 5) is 43.2. The van der Waals surface area contributed by atoms with Crippen molar-refractivity contribution < 1.29 is 34.8 Å². The number of aromatic hydroxyl groups is 1. The third-order valence-corrected chi connectivity index (χ3v) is 9.53. The fraction of sp³-hybridized carbons (Fsp3) is 0.567. The molecule has 10 heteroatoms. The fourth-order valence-corrected chi connectivity index (χ4v) is 7.44. The van der Waals surface area contributed by atoms with E-state index in [-0.39, 0.29) is 29.7 Å². The summed E-state index contributed by atoms with van der Waals surface area (Å²) >= 11 is 0. The number of Topliss-reactive ketones (excluding diaryl/α,β-unsaturated/α-hetero) is 2. The molecule has 1 unspecified atom stereocenters. The average Bonchev–Trinajstić information content (AvgIpc) is 2.86. The number of primary amides is 1. The molecule has 4 aliphatic rings. The molecular weight excluding hydrogens is 514 g/mol. The lowest BCUT2D eigenvalue weighted by atomic mass is 9.60. The van der Waals surface area contributed by atoms with Gasteiger partial charge in [0.1, 0.15) is 22.8 Å². The Balaban J connectivity index is 1.55. The zero-order valence-corrected chi connectivity index (χ0v) is 23.5. The number of nitrogens with zero attached hydrogens (tertiary/aromatic N) is 2. The van der Waals surface area contributed by atoms with E-state index in [4.69, 9.17) is 5.73 Å². The number of nitrogens with two attached hydrogens (primary N) is 1. The highest BCUT2D eigenvalue weighted by Crippen LogP contribution is 2.52.